The number of carboxylic acids is 1. The number of hydrogen-bond acceptors (Lipinski definition) is 4. The molecule has 0 spiro atoms. The van der Waals surface area contributed by atoms with Crippen molar-refractivity contribution >= 4 is 18.0 Å². The lowest BCUT2D eigenvalue weighted by Gasteiger charge is -2.21. The first kappa shape index (κ1) is 21.6. The summed E-state index contributed by atoms with van der Waals surface area (Å²) in [6.07, 6.45) is 4.04. The molecule has 4 rings (SSSR count). The minimum Gasteiger partial charge on any atom is -0.478 e. The number of rotatable bonds is 7. The Morgan fingerprint density at radius 1 is 1.00 bits per heavy atom. The highest BCUT2D eigenvalue weighted by molar-refractivity contribution is 5.82. The summed E-state index contributed by atoms with van der Waals surface area (Å²) in [6.45, 7) is 0.364. The molecule has 0 unspecified atom stereocenters. The Bertz CT molecular complexity index is 1000. The minimum absolute atomic E-state index is 0.0168. The molecule has 2 aromatic rings. The number of hydrogen-bond donors (Lipinski definition) is 3. The fourth-order valence-corrected chi connectivity index (χ4v) is 4.69. The Kier molecular flexibility index (Phi) is 6.54. The third kappa shape index (κ3) is 4.66. The highest BCUT2D eigenvalue weighted by Gasteiger charge is 2.35. The molecule has 1 saturated carbocycles. The van der Waals surface area contributed by atoms with Crippen LogP contribution in [0.5, 0.6) is 0 Å². The lowest BCUT2D eigenvalue weighted by molar-refractivity contribution is -0.131. The van der Waals surface area contributed by atoms with Gasteiger partial charge in [0.05, 0.1) is 5.92 Å². The van der Waals surface area contributed by atoms with E-state index in [4.69, 9.17) is 9.84 Å². The minimum atomic E-state index is -1.06. The van der Waals surface area contributed by atoms with Crippen LogP contribution < -0.4 is 10.6 Å². The van der Waals surface area contributed by atoms with Crippen LogP contribution in [0, 0.1) is 5.92 Å². The predicted octanol–water partition coefficient (Wildman–Crippen LogP) is 3.45. The second-order valence-corrected chi connectivity index (χ2v) is 8.10. The molecule has 2 amide bonds. The highest BCUT2D eigenvalue weighted by Crippen LogP contribution is 2.44. The maximum absolute atomic E-state index is 12.5. The molecule has 0 saturated heterocycles. The van der Waals surface area contributed by atoms with Crippen LogP contribution in [0.3, 0.4) is 0 Å². The predicted molar refractivity (Wildman–Crippen MR) is 119 cm³/mol. The summed E-state index contributed by atoms with van der Waals surface area (Å²) in [5.74, 6) is -1.62. The SMILES string of the molecule is O=C(O)/C=C/CNC(=O)[C@@H]1CCC[C@@H]1NC(=O)OCC1c2ccccc2-c2ccccc21. The lowest BCUT2D eigenvalue weighted by atomic mass is 9.98. The molecule has 0 bridgehead atoms. The van der Waals surface area contributed by atoms with Gasteiger partial charge in [0, 0.05) is 24.6 Å². The summed E-state index contributed by atoms with van der Waals surface area (Å²) in [7, 11) is 0. The van der Waals surface area contributed by atoms with E-state index in [1.165, 1.54) is 17.2 Å². The van der Waals surface area contributed by atoms with E-state index in [1.54, 1.807) is 0 Å². The molecule has 2 aliphatic rings. The molecule has 7 nitrogen and oxygen atoms in total. The number of fused-ring (bicyclic) bond motifs is 3. The molecule has 7 heteroatoms. The molecule has 0 radical (unpaired) electrons. The first-order valence-electron chi connectivity index (χ1n) is 10.8. The largest absolute Gasteiger partial charge is 0.478 e. The molecule has 2 aromatic carbocycles. The summed E-state index contributed by atoms with van der Waals surface area (Å²) in [4.78, 5) is 35.5. The third-order valence-electron chi connectivity index (χ3n) is 6.15. The number of alkyl carbamates (subject to hydrolysis) is 1. The molecule has 2 aliphatic carbocycles. The number of carbonyl (C=O) groups excluding carboxylic acids is 2. The van der Waals surface area contributed by atoms with Crippen molar-refractivity contribution in [1.29, 1.82) is 0 Å². The zero-order valence-corrected chi connectivity index (χ0v) is 17.6. The van der Waals surface area contributed by atoms with Crippen LogP contribution >= 0.6 is 0 Å². The van der Waals surface area contributed by atoms with E-state index in [-0.39, 0.29) is 36.9 Å². The summed E-state index contributed by atoms with van der Waals surface area (Å²) in [5, 5.41) is 14.2. The van der Waals surface area contributed by atoms with Gasteiger partial charge in [0.1, 0.15) is 6.61 Å². The molecule has 1 fully saturated rings. The van der Waals surface area contributed by atoms with Crippen molar-refractivity contribution in [3.05, 3.63) is 71.8 Å². The van der Waals surface area contributed by atoms with Gasteiger partial charge in [0.15, 0.2) is 0 Å². The Hall–Kier alpha value is -3.61. The van der Waals surface area contributed by atoms with Gasteiger partial charge in [-0.2, -0.15) is 0 Å². The summed E-state index contributed by atoms with van der Waals surface area (Å²) in [5.41, 5.74) is 4.63. The van der Waals surface area contributed by atoms with E-state index >= 15 is 0 Å². The lowest BCUT2D eigenvalue weighted by Crippen LogP contribution is -2.44. The summed E-state index contributed by atoms with van der Waals surface area (Å²) < 4.78 is 5.60. The highest BCUT2D eigenvalue weighted by atomic mass is 16.5. The molecule has 3 N–H and O–H groups in total. The summed E-state index contributed by atoms with van der Waals surface area (Å²) >= 11 is 0. The van der Waals surface area contributed by atoms with Crippen LogP contribution in [0.4, 0.5) is 4.79 Å². The number of carboxylic acid groups (broad SMARTS) is 1. The van der Waals surface area contributed by atoms with Crippen LogP contribution in [0.1, 0.15) is 36.3 Å². The van der Waals surface area contributed by atoms with E-state index in [9.17, 15) is 14.4 Å². The standard InChI is InChI=1S/C25H26N2O5/c28-23(29)13-6-14-26-24(30)20-11-5-12-22(20)27-25(31)32-15-21-18-9-3-1-7-16(18)17-8-2-4-10-19(17)21/h1-4,6-10,13,20-22H,5,11-12,14-15H2,(H,26,30)(H,27,31)(H,28,29)/b13-6+/t20-,22+/m1/s1. The third-order valence-corrected chi connectivity index (χ3v) is 6.15. The van der Waals surface area contributed by atoms with Crippen molar-refractivity contribution in [2.24, 2.45) is 5.92 Å². The maximum Gasteiger partial charge on any atom is 0.407 e. The van der Waals surface area contributed by atoms with E-state index in [0.29, 0.717) is 12.8 Å². The fourth-order valence-electron chi connectivity index (χ4n) is 4.69. The van der Waals surface area contributed by atoms with Gasteiger partial charge >= 0.3 is 12.1 Å². The van der Waals surface area contributed by atoms with Gasteiger partial charge in [-0.25, -0.2) is 9.59 Å². The Morgan fingerprint density at radius 2 is 1.66 bits per heavy atom. The number of nitrogens with one attached hydrogen (secondary N) is 2. The van der Waals surface area contributed by atoms with Gasteiger partial charge < -0.3 is 20.5 Å². The molecule has 0 aliphatic heterocycles. The number of ether oxygens (including phenoxy) is 1. The number of carbonyl (C=O) groups is 3. The molecule has 0 aromatic heterocycles. The van der Waals surface area contributed by atoms with Gasteiger partial charge in [-0.3, -0.25) is 4.79 Å². The smallest absolute Gasteiger partial charge is 0.407 e. The molecule has 2 atom stereocenters. The second kappa shape index (κ2) is 9.68. The monoisotopic (exact) mass is 434 g/mol. The van der Waals surface area contributed by atoms with Crippen LogP contribution in [0.15, 0.2) is 60.7 Å². The van der Waals surface area contributed by atoms with Crippen molar-refractivity contribution < 1.29 is 24.2 Å². The second-order valence-electron chi connectivity index (χ2n) is 8.10. The molecule has 0 heterocycles. The fraction of sp³-hybridized carbons (Fsp3) is 0.320. The van der Waals surface area contributed by atoms with Crippen LogP contribution in [-0.2, 0) is 14.3 Å². The molecular formula is C25H26N2O5. The topological polar surface area (TPSA) is 105 Å². The van der Waals surface area contributed by atoms with E-state index in [0.717, 1.165) is 23.6 Å². The van der Waals surface area contributed by atoms with Crippen LogP contribution in [0.2, 0.25) is 0 Å². The molecule has 166 valence electrons. The zero-order valence-electron chi connectivity index (χ0n) is 17.6. The Labute approximate surface area is 186 Å². The van der Waals surface area contributed by atoms with Gasteiger partial charge in [0.25, 0.3) is 0 Å². The average molecular weight is 434 g/mol. The van der Waals surface area contributed by atoms with Gasteiger partial charge in [-0.1, -0.05) is 61.0 Å². The van der Waals surface area contributed by atoms with Crippen LogP contribution in [-0.4, -0.2) is 42.3 Å². The van der Waals surface area contributed by atoms with Crippen molar-refractivity contribution in [3.63, 3.8) is 0 Å². The van der Waals surface area contributed by atoms with Crippen molar-refractivity contribution in [2.45, 2.75) is 31.2 Å². The van der Waals surface area contributed by atoms with Gasteiger partial charge in [0.2, 0.25) is 5.91 Å². The zero-order chi connectivity index (χ0) is 22.5. The van der Waals surface area contributed by atoms with Gasteiger partial charge in [-0.15, -0.1) is 0 Å². The van der Waals surface area contributed by atoms with Crippen molar-refractivity contribution in [3.8, 4) is 11.1 Å². The molecular weight excluding hydrogens is 408 g/mol. The van der Waals surface area contributed by atoms with Gasteiger partial charge in [-0.05, 0) is 35.1 Å². The number of benzene rings is 2. The van der Waals surface area contributed by atoms with E-state index in [2.05, 4.69) is 34.9 Å². The molecule has 32 heavy (non-hydrogen) atoms. The van der Waals surface area contributed by atoms with E-state index < -0.39 is 12.1 Å². The first-order valence-corrected chi connectivity index (χ1v) is 10.8. The quantitative estimate of drug-likeness (QED) is 0.579. The number of amides is 2. The maximum atomic E-state index is 12.5. The summed E-state index contributed by atoms with van der Waals surface area (Å²) in [6, 6.07) is 16.0. The van der Waals surface area contributed by atoms with Crippen molar-refractivity contribution in [2.75, 3.05) is 13.2 Å². The number of aliphatic carboxylic acids is 1. The average Bonchev–Trinajstić information content (AvgIpc) is 3.37. The first-order chi connectivity index (χ1) is 15.5. The van der Waals surface area contributed by atoms with Crippen LogP contribution in [0.25, 0.3) is 11.1 Å². The Balaban J connectivity index is 1.33. The normalized spacial score (nSPS) is 19.4. The van der Waals surface area contributed by atoms with E-state index in [1.807, 2.05) is 24.3 Å². The Morgan fingerprint density at radius 3 is 2.31 bits per heavy atom. The van der Waals surface area contributed by atoms with Crippen molar-refractivity contribution in [1.82, 2.24) is 10.6 Å².